The fourth-order valence-electron chi connectivity index (χ4n) is 4.16. The highest BCUT2D eigenvalue weighted by atomic mass is 16.5. The van der Waals surface area contributed by atoms with Gasteiger partial charge in [-0.3, -0.25) is 9.69 Å². The smallest absolute Gasteiger partial charge is 0.225 e. The minimum absolute atomic E-state index is 0.226. The van der Waals surface area contributed by atoms with Gasteiger partial charge in [0.1, 0.15) is 5.75 Å². The van der Waals surface area contributed by atoms with Crippen LogP contribution < -0.4 is 4.74 Å². The molecule has 2 aliphatic heterocycles. The molecule has 2 heterocycles. The second kappa shape index (κ2) is 8.70. The first-order valence-corrected chi connectivity index (χ1v) is 9.89. The van der Waals surface area contributed by atoms with Gasteiger partial charge >= 0.3 is 0 Å². The fourth-order valence-corrected chi connectivity index (χ4v) is 4.16. The van der Waals surface area contributed by atoms with E-state index >= 15 is 0 Å². The lowest BCUT2D eigenvalue weighted by Crippen LogP contribution is -2.45. The van der Waals surface area contributed by atoms with Gasteiger partial charge in [0, 0.05) is 31.1 Å². The zero-order valence-electron chi connectivity index (χ0n) is 15.7. The second-order valence-electron chi connectivity index (χ2n) is 7.62. The summed E-state index contributed by atoms with van der Waals surface area (Å²) in [6, 6.07) is 8.30. The number of hydrogen-bond acceptors (Lipinski definition) is 3. The molecule has 3 rings (SSSR count). The first kappa shape index (κ1) is 18.2. The lowest BCUT2D eigenvalue weighted by molar-refractivity contribution is -0.138. The van der Waals surface area contributed by atoms with E-state index in [1.807, 2.05) is 19.1 Å². The molecule has 4 heteroatoms. The molecule has 25 heavy (non-hydrogen) atoms. The Kier molecular flexibility index (Phi) is 6.35. The molecule has 1 aromatic rings. The van der Waals surface area contributed by atoms with Crippen LogP contribution in [0.25, 0.3) is 0 Å². The van der Waals surface area contributed by atoms with E-state index in [9.17, 15) is 4.79 Å². The number of carbonyl (C=O) groups is 1. The SMILES string of the molecule is CCOc1ccccc1CN1CCC(C(=O)N2CCCC(C)C2)CC1. The number of nitrogens with zero attached hydrogens (tertiary/aromatic N) is 2. The van der Waals surface area contributed by atoms with Crippen LogP contribution in [0.3, 0.4) is 0 Å². The largest absolute Gasteiger partial charge is 0.494 e. The van der Waals surface area contributed by atoms with Crippen LogP contribution in [0.2, 0.25) is 0 Å². The van der Waals surface area contributed by atoms with Gasteiger partial charge in [-0.2, -0.15) is 0 Å². The molecule has 0 bridgehead atoms. The van der Waals surface area contributed by atoms with Crippen LogP contribution in [0.1, 0.15) is 45.1 Å². The highest BCUT2D eigenvalue weighted by Gasteiger charge is 2.30. The number of likely N-dealkylation sites (tertiary alicyclic amines) is 2. The summed E-state index contributed by atoms with van der Waals surface area (Å²) in [5.41, 5.74) is 1.25. The lowest BCUT2D eigenvalue weighted by Gasteiger charge is -2.37. The van der Waals surface area contributed by atoms with Gasteiger partial charge < -0.3 is 9.64 Å². The molecule has 0 saturated carbocycles. The monoisotopic (exact) mass is 344 g/mol. The van der Waals surface area contributed by atoms with E-state index in [1.165, 1.54) is 18.4 Å². The molecule has 1 amide bonds. The third-order valence-electron chi connectivity index (χ3n) is 5.57. The maximum Gasteiger partial charge on any atom is 0.225 e. The molecule has 1 atom stereocenters. The molecule has 1 aromatic carbocycles. The summed E-state index contributed by atoms with van der Waals surface area (Å²) in [6.45, 7) is 9.82. The first-order chi connectivity index (χ1) is 12.2. The molecule has 1 unspecified atom stereocenters. The molecule has 2 fully saturated rings. The van der Waals surface area contributed by atoms with Gasteiger partial charge in [-0.25, -0.2) is 0 Å². The maximum absolute atomic E-state index is 12.8. The van der Waals surface area contributed by atoms with Crippen molar-refractivity contribution < 1.29 is 9.53 Å². The third-order valence-corrected chi connectivity index (χ3v) is 5.57. The van der Waals surface area contributed by atoms with Crippen molar-refractivity contribution in [1.29, 1.82) is 0 Å². The van der Waals surface area contributed by atoms with Crippen LogP contribution in [0.5, 0.6) is 5.75 Å². The van der Waals surface area contributed by atoms with E-state index in [-0.39, 0.29) is 5.92 Å². The maximum atomic E-state index is 12.8. The molecule has 4 nitrogen and oxygen atoms in total. The number of benzene rings is 1. The van der Waals surface area contributed by atoms with Gasteiger partial charge in [0.25, 0.3) is 0 Å². The first-order valence-electron chi connectivity index (χ1n) is 9.89. The number of hydrogen-bond donors (Lipinski definition) is 0. The minimum atomic E-state index is 0.226. The van der Waals surface area contributed by atoms with Gasteiger partial charge in [-0.1, -0.05) is 25.1 Å². The second-order valence-corrected chi connectivity index (χ2v) is 7.62. The standard InChI is InChI=1S/C21H32N2O2/c1-3-25-20-9-5-4-8-19(20)16-22-13-10-18(11-14-22)21(24)23-12-6-7-17(2)15-23/h4-5,8-9,17-18H,3,6-7,10-16H2,1-2H3. The zero-order chi connectivity index (χ0) is 17.6. The predicted molar refractivity (Wildman–Crippen MR) is 101 cm³/mol. The highest BCUT2D eigenvalue weighted by Crippen LogP contribution is 2.26. The zero-order valence-corrected chi connectivity index (χ0v) is 15.7. The van der Waals surface area contributed by atoms with E-state index in [0.29, 0.717) is 18.4 Å². The van der Waals surface area contributed by atoms with E-state index in [4.69, 9.17) is 4.74 Å². The number of carbonyl (C=O) groups excluding carboxylic acids is 1. The van der Waals surface area contributed by atoms with E-state index < -0.39 is 0 Å². The third kappa shape index (κ3) is 4.75. The Morgan fingerprint density at radius 3 is 2.64 bits per heavy atom. The Bertz CT molecular complexity index is 567. The Labute approximate surface area is 152 Å². The normalized spacial score (nSPS) is 22.8. The molecule has 0 N–H and O–H groups in total. The summed E-state index contributed by atoms with van der Waals surface area (Å²) in [4.78, 5) is 17.4. The molecule has 2 saturated heterocycles. The van der Waals surface area contributed by atoms with Crippen molar-refractivity contribution in [1.82, 2.24) is 9.80 Å². The molecule has 0 aromatic heterocycles. The van der Waals surface area contributed by atoms with Crippen LogP contribution >= 0.6 is 0 Å². The number of piperidine rings is 2. The molecular formula is C21H32N2O2. The van der Waals surface area contributed by atoms with Crippen molar-refractivity contribution in [2.24, 2.45) is 11.8 Å². The Morgan fingerprint density at radius 2 is 1.92 bits per heavy atom. The predicted octanol–water partition coefficient (Wildman–Crippen LogP) is 3.56. The summed E-state index contributed by atoms with van der Waals surface area (Å²) in [5.74, 6) is 2.28. The quantitative estimate of drug-likeness (QED) is 0.819. The van der Waals surface area contributed by atoms with Crippen LogP contribution in [0.4, 0.5) is 0 Å². The Morgan fingerprint density at radius 1 is 1.16 bits per heavy atom. The summed E-state index contributed by atoms with van der Waals surface area (Å²) in [5, 5.41) is 0. The van der Waals surface area contributed by atoms with E-state index in [2.05, 4.69) is 28.9 Å². The van der Waals surface area contributed by atoms with Gasteiger partial charge in [-0.15, -0.1) is 0 Å². The van der Waals surface area contributed by atoms with Crippen LogP contribution in [-0.4, -0.2) is 48.5 Å². The van der Waals surface area contributed by atoms with Gasteiger partial charge in [0.15, 0.2) is 0 Å². The Balaban J connectivity index is 1.51. The van der Waals surface area contributed by atoms with Gasteiger partial charge in [0.05, 0.1) is 6.61 Å². The van der Waals surface area contributed by atoms with Crippen LogP contribution in [0, 0.1) is 11.8 Å². The van der Waals surface area contributed by atoms with Gasteiger partial charge in [0.2, 0.25) is 5.91 Å². The molecule has 2 aliphatic rings. The topological polar surface area (TPSA) is 32.8 Å². The molecule has 0 radical (unpaired) electrons. The molecule has 138 valence electrons. The molecule has 0 aliphatic carbocycles. The van der Waals surface area contributed by atoms with Gasteiger partial charge in [-0.05, 0) is 57.7 Å². The van der Waals surface area contributed by atoms with Crippen LogP contribution in [0.15, 0.2) is 24.3 Å². The summed E-state index contributed by atoms with van der Waals surface area (Å²) in [7, 11) is 0. The number of rotatable bonds is 5. The van der Waals surface area contributed by atoms with Crippen molar-refractivity contribution in [3.63, 3.8) is 0 Å². The highest BCUT2D eigenvalue weighted by molar-refractivity contribution is 5.79. The molecular weight excluding hydrogens is 312 g/mol. The molecule has 0 spiro atoms. The minimum Gasteiger partial charge on any atom is -0.494 e. The lowest BCUT2D eigenvalue weighted by atomic mass is 9.92. The number of ether oxygens (including phenoxy) is 1. The average molecular weight is 344 g/mol. The summed E-state index contributed by atoms with van der Waals surface area (Å²) < 4.78 is 5.74. The van der Waals surface area contributed by atoms with Crippen molar-refractivity contribution in [2.75, 3.05) is 32.8 Å². The van der Waals surface area contributed by atoms with Crippen molar-refractivity contribution in [3.8, 4) is 5.75 Å². The van der Waals surface area contributed by atoms with Crippen molar-refractivity contribution >= 4 is 5.91 Å². The van der Waals surface area contributed by atoms with Crippen LogP contribution in [-0.2, 0) is 11.3 Å². The van der Waals surface area contributed by atoms with Crippen molar-refractivity contribution in [3.05, 3.63) is 29.8 Å². The number of amides is 1. The summed E-state index contributed by atoms with van der Waals surface area (Å²) in [6.07, 6.45) is 4.41. The van der Waals surface area contributed by atoms with E-state index in [0.717, 1.165) is 51.3 Å². The summed E-state index contributed by atoms with van der Waals surface area (Å²) >= 11 is 0. The van der Waals surface area contributed by atoms with Crippen molar-refractivity contribution in [2.45, 2.75) is 46.1 Å². The van der Waals surface area contributed by atoms with E-state index in [1.54, 1.807) is 0 Å². The Hall–Kier alpha value is -1.55. The number of para-hydroxylation sites is 1. The fraction of sp³-hybridized carbons (Fsp3) is 0.667. The average Bonchev–Trinajstić information content (AvgIpc) is 2.64.